The minimum atomic E-state index is 0.234. The molecule has 1 saturated heterocycles. The molecule has 2 fully saturated rings. The lowest BCUT2D eigenvalue weighted by Gasteiger charge is -2.24. The van der Waals surface area contributed by atoms with Gasteiger partial charge in [-0.15, -0.1) is 0 Å². The Kier molecular flexibility index (Phi) is 4.57. The molecular weight excluding hydrogens is 312 g/mol. The van der Waals surface area contributed by atoms with Gasteiger partial charge in [0.2, 0.25) is 5.91 Å². The van der Waals surface area contributed by atoms with Crippen LogP contribution in [0.5, 0.6) is 0 Å². The summed E-state index contributed by atoms with van der Waals surface area (Å²) in [6.45, 7) is 2.65. The number of aromatic nitrogens is 2. The third kappa shape index (κ3) is 3.76. The highest BCUT2D eigenvalue weighted by Gasteiger charge is 2.39. The van der Waals surface area contributed by atoms with Crippen LogP contribution in [-0.4, -0.2) is 40.2 Å². The van der Waals surface area contributed by atoms with Crippen LogP contribution in [0, 0.1) is 11.8 Å². The number of nitrogens with zero attached hydrogens (tertiary/aromatic N) is 3. The number of hydrogen-bond acceptors (Lipinski definition) is 3. The summed E-state index contributed by atoms with van der Waals surface area (Å²) in [6.07, 6.45) is 6.88. The molecule has 5 nitrogen and oxygen atoms in total. The fourth-order valence-corrected chi connectivity index (χ4v) is 4.34. The number of nitrogens with one attached hydrogen (secondary N) is 1. The SMILES string of the molecule is CN(Cc1ccc(Cn2cccn2)cc1)[C@H]1C[C@H]2CNC(=O)C[C@H]2C1. The first-order valence-corrected chi connectivity index (χ1v) is 9.19. The van der Waals surface area contributed by atoms with Gasteiger partial charge in [-0.25, -0.2) is 0 Å². The Morgan fingerprint density at radius 3 is 2.72 bits per heavy atom. The minimum Gasteiger partial charge on any atom is -0.356 e. The smallest absolute Gasteiger partial charge is 0.220 e. The third-order valence-electron chi connectivity index (χ3n) is 5.81. The van der Waals surface area contributed by atoms with E-state index in [0.717, 1.165) is 32.5 Å². The van der Waals surface area contributed by atoms with Crippen LogP contribution in [-0.2, 0) is 17.9 Å². The van der Waals surface area contributed by atoms with Gasteiger partial charge in [0, 0.05) is 37.9 Å². The Labute approximate surface area is 149 Å². The normalized spacial score (nSPS) is 25.8. The molecule has 3 atom stereocenters. The zero-order valence-corrected chi connectivity index (χ0v) is 14.8. The molecule has 0 bridgehead atoms. The topological polar surface area (TPSA) is 50.2 Å². The number of carbonyl (C=O) groups is 1. The molecule has 1 aromatic carbocycles. The molecule has 0 spiro atoms. The molecular formula is C20H26N4O. The molecule has 1 N–H and O–H groups in total. The number of piperidine rings is 1. The third-order valence-corrected chi connectivity index (χ3v) is 5.81. The molecule has 25 heavy (non-hydrogen) atoms. The van der Waals surface area contributed by atoms with Crippen molar-refractivity contribution in [3.63, 3.8) is 0 Å². The molecule has 0 unspecified atom stereocenters. The van der Waals surface area contributed by atoms with Crippen LogP contribution in [0.1, 0.15) is 30.4 Å². The fraction of sp³-hybridized carbons (Fsp3) is 0.500. The largest absolute Gasteiger partial charge is 0.356 e. The molecule has 1 aromatic heterocycles. The van der Waals surface area contributed by atoms with Crippen LogP contribution in [0.3, 0.4) is 0 Å². The van der Waals surface area contributed by atoms with Gasteiger partial charge in [-0.1, -0.05) is 24.3 Å². The van der Waals surface area contributed by atoms with Crippen molar-refractivity contribution < 1.29 is 4.79 Å². The Bertz CT molecular complexity index is 710. The summed E-state index contributed by atoms with van der Waals surface area (Å²) >= 11 is 0. The number of amides is 1. The van der Waals surface area contributed by atoms with Crippen LogP contribution in [0.2, 0.25) is 0 Å². The van der Waals surface area contributed by atoms with Crippen molar-refractivity contribution in [2.75, 3.05) is 13.6 Å². The summed E-state index contributed by atoms with van der Waals surface area (Å²) in [4.78, 5) is 14.1. The maximum Gasteiger partial charge on any atom is 0.220 e. The molecule has 0 radical (unpaired) electrons. The quantitative estimate of drug-likeness (QED) is 0.910. The van der Waals surface area contributed by atoms with Crippen molar-refractivity contribution in [1.29, 1.82) is 0 Å². The van der Waals surface area contributed by atoms with Gasteiger partial charge in [-0.2, -0.15) is 5.10 Å². The molecule has 2 aromatic rings. The lowest BCUT2D eigenvalue weighted by molar-refractivity contribution is -0.124. The average Bonchev–Trinajstić information content (AvgIpc) is 3.25. The molecule has 1 aliphatic heterocycles. The summed E-state index contributed by atoms with van der Waals surface area (Å²) in [7, 11) is 2.22. The van der Waals surface area contributed by atoms with E-state index in [1.54, 1.807) is 0 Å². The van der Waals surface area contributed by atoms with Crippen LogP contribution in [0.4, 0.5) is 0 Å². The minimum absolute atomic E-state index is 0.234. The zero-order valence-electron chi connectivity index (χ0n) is 14.8. The average molecular weight is 338 g/mol. The predicted molar refractivity (Wildman–Crippen MR) is 96.9 cm³/mol. The maximum absolute atomic E-state index is 11.6. The van der Waals surface area contributed by atoms with E-state index in [0.29, 0.717) is 17.9 Å². The van der Waals surface area contributed by atoms with E-state index in [4.69, 9.17) is 0 Å². The molecule has 4 rings (SSSR count). The lowest BCUT2D eigenvalue weighted by atomic mass is 9.89. The number of fused-ring (bicyclic) bond motifs is 1. The van der Waals surface area contributed by atoms with Crippen LogP contribution < -0.4 is 5.32 Å². The van der Waals surface area contributed by atoms with E-state index in [1.807, 2.05) is 23.1 Å². The highest BCUT2D eigenvalue weighted by Crippen LogP contribution is 2.38. The van der Waals surface area contributed by atoms with E-state index in [-0.39, 0.29) is 5.91 Å². The number of carbonyl (C=O) groups excluding carboxylic acids is 1. The first kappa shape index (κ1) is 16.3. The molecule has 5 heteroatoms. The second-order valence-electron chi connectivity index (χ2n) is 7.59. The Hall–Kier alpha value is -2.14. The van der Waals surface area contributed by atoms with Gasteiger partial charge in [0.25, 0.3) is 0 Å². The van der Waals surface area contributed by atoms with Crippen LogP contribution in [0.25, 0.3) is 0 Å². The summed E-state index contributed by atoms with van der Waals surface area (Å²) in [5.41, 5.74) is 2.61. The van der Waals surface area contributed by atoms with Crippen molar-refractivity contribution in [3.8, 4) is 0 Å². The van der Waals surface area contributed by atoms with Crippen molar-refractivity contribution in [1.82, 2.24) is 20.0 Å². The summed E-state index contributed by atoms with van der Waals surface area (Å²) < 4.78 is 1.94. The first-order valence-electron chi connectivity index (χ1n) is 9.19. The van der Waals surface area contributed by atoms with E-state index < -0.39 is 0 Å². The molecule has 1 aliphatic carbocycles. The van der Waals surface area contributed by atoms with Gasteiger partial charge in [0.1, 0.15) is 0 Å². The molecule has 132 valence electrons. The van der Waals surface area contributed by atoms with Crippen molar-refractivity contribution in [3.05, 3.63) is 53.9 Å². The van der Waals surface area contributed by atoms with Gasteiger partial charge < -0.3 is 5.32 Å². The van der Waals surface area contributed by atoms with Crippen molar-refractivity contribution in [2.24, 2.45) is 11.8 Å². The second kappa shape index (κ2) is 7.00. The van der Waals surface area contributed by atoms with Gasteiger partial charge in [-0.05, 0) is 48.9 Å². The fourth-order valence-electron chi connectivity index (χ4n) is 4.34. The van der Waals surface area contributed by atoms with Gasteiger partial charge in [0.15, 0.2) is 0 Å². The molecule has 1 amide bonds. The molecule has 2 heterocycles. The van der Waals surface area contributed by atoms with Crippen LogP contribution >= 0.6 is 0 Å². The summed E-state index contributed by atoms with van der Waals surface area (Å²) in [5, 5.41) is 7.28. The Morgan fingerprint density at radius 1 is 1.20 bits per heavy atom. The maximum atomic E-state index is 11.6. The van der Waals surface area contributed by atoms with Crippen LogP contribution in [0.15, 0.2) is 42.7 Å². The first-order chi connectivity index (χ1) is 12.2. The highest BCUT2D eigenvalue weighted by atomic mass is 16.1. The highest BCUT2D eigenvalue weighted by molar-refractivity contribution is 5.77. The molecule has 2 aliphatic rings. The van der Waals surface area contributed by atoms with Crippen molar-refractivity contribution in [2.45, 2.75) is 38.4 Å². The monoisotopic (exact) mass is 338 g/mol. The lowest BCUT2D eigenvalue weighted by Crippen LogP contribution is -2.38. The zero-order chi connectivity index (χ0) is 17.2. The standard InChI is InChI=1S/C20H26N4O/c1-23(19-9-17-11-20(25)21-12-18(17)10-19)13-15-3-5-16(6-4-15)14-24-8-2-7-22-24/h2-8,17-19H,9-14H2,1H3,(H,21,25)/t17-,18+,19-/m1/s1. The number of hydrogen-bond donors (Lipinski definition) is 1. The van der Waals surface area contributed by atoms with E-state index in [9.17, 15) is 4.79 Å². The van der Waals surface area contributed by atoms with Gasteiger partial charge in [0.05, 0.1) is 6.54 Å². The van der Waals surface area contributed by atoms with E-state index >= 15 is 0 Å². The number of rotatable bonds is 5. The summed E-state index contributed by atoms with van der Waals surface area (Å²) in [6, 6.07) is 11.4. The van der Waals surface area contributed by atoms with E-state index in [2.05, 4.69) is 46.6 Å². The Balaban J connectivity index is 1.33. The van der Waals surface area contributed by atoms with Gasteiger partial charge in [-0.3, -0.25) is 14.4 Å². The van der Waals surface area contributed by atoms with Gasteiger partial charge >= 0.3 is 0 Å². The second-order valence-corrected chi connectivity index (χ2v) is 7.59. The summed E-state index contributed by atoms with van der Waals surface area (Å²) in [5.74, 6) is 1.48. The predicted octanol–water partition coefficient (Wildman–Crippen LogP) is 2.28. The number of benzene rings is 1. The Morgan fingerprint density at radius 2 is 1.96 bits per heavy atom. The van der Waals surface area contributed by atoms with E-state index in [1.165, 1.54) is 17.5 Å². The van der Waals surface area contributed by atoms with Crippen molar-refractivity contribution >= 4 is 5.91 Å². The molecule has 1 saturated carbocycles.